The number of halogens is 1. The molecule has 1 aliphatic rings. The molecule has 0 aliphatic carbocycles. The number of hydrogen-bond donors (Lipinski definition) is 4. The number of ether oxygens (including phenoxy) is 1. The lowest BCUT2D eigenvalue weighted by molar-refractivity contribution is -0.0415. The fourth-order valence-corrected chi connectivity index (χ4v) is 2.18. The summed E-state index contributed by atoms with van der Waals surface area (Å²) in [6.45, 7) is -0.357. The van der Waals surface area contributed by atoms with Gasteiger partial charge in [0.1, 0.15) is 18.9 Å². The second kappa shape index (κ2) is 6.52. The molecule has 0 spiro atoms. The molecule has 0 saturated carbocycles. The summed E-state index contributed by atoms with van der Waals surface area (Å²) in [5, 5.41) is 18.3. The molecule has 12 heteroatoms. The average Bonchev–Trinajstić information content (AvgIpc) is 2.79. The summed E-state index contributed by atoms with van der Waals surface area (Å²) in [5.74, 6) is -1.62. The van der Waals surface area contributed by atoms with Crippen LogP contribution in [0.3, 0.4) is 0 Å². The zero-order chi connectivity index (χ0) is 15.6. The van der Waals surface area contributed by atoms with Crippen LogP contribution in [0.2, 0.25) is 0 Å². The lowest BCUT2D eigenvalue weighted by Gasteiger charge is -2.14. The molecule has 2 heterocycles. The highest BCUT2D eigenvalue weighted by Crippen LogP contribution is 2.30. The Morgan fingerprint density at radius 2 is 2.38 bits per heavy atom. The van der Waals surface area contributed by atoms with Gasteiger partial charge in [0, 0.05) is 11.0 Å². The van der Waals surface area contributed by atoms with E-state index < -0.39 is 44.0 Å². The number of aromatic nitrogens is 2. The minimum absolute atomic E-state index is 0.0524. The van der Waals surface area contributed by atoms with E-state index >= 15 is 0 Å². The van der Waals surface area contributed by atoms with Crippen molar-refractivity contribution < 1.29 is 33.4 Å². The Balaban J connectivity index is 2.15. The van der Waals surface area contributed by atoms with Crippen LogP contribution in [0.15, 0.2) is 11.0 Å². The van der Waals surface area contributed by atoms with E-state index in [0.29, 0.717) is 0 Å². The van der Waals surface area contributed by atoms with Gasteiger partial charge in [0.15, 0.2) is 11.6 Å². The van der Waals surface area contributed by atoms with Gasteiger partial charge in [-0.05, 0) is 0 Å². The van der Waals surface area contributed by atoms with Crippen molar-refractivity contribution in [3.63, 3.8) is 0 Å². The Labute approximate surface area is 117 Å². The van der Waals surface area contributed by atoms with Crippen molar-refractivity contribution in [1.82, 2.24) is 9.55 Å². The number of rotatable bonds is 5. The van der Waals surface area contributed by atoms with E-state index in [1.807, 2.05) is 0 Å². The van der Waals surface area contributed by atoms with E-state index in [2.05, 4.69) is 9.51 Å². The first kappa shape index (κ1) is 15.9. The smallest absolute Gasteiger partial charge is 0.390 e. The summed E-state index contributed by atoms with van der Waals surface area (Å²) < 4.78 is 34.4. The van der Waals surface area contributed by atoms with Gasteiger partial charge in [-0.25, -0.2) is 14.7 Å². The molecule has 1 aromatic heterocycles. The van der Waals surface area contributed by atoms with Crippen molar-refractivity contribution in [2.75, 3.05) is 12.1 Å². The zero-order valence-electron chi connectivity index (χ0n) is 10.4. The van der Waals surface area contributed by atoms with Crippen LogP contribution in [-0.2, 0) is 13.8 Å². The second-order valence-corrected chi connectivity index (χ2v) is 4.94. The third-order valence-corrected chi connectivity index (χ3v) is 3.25. The molecule has 0 amide bonds. The molecule has 4 N–H and O–H groups in total. The van der Waals surface area contributed by atoms with Crippen LogP contribution in [0.4, 0.5) is 10.2 Å². The Morgan fingerprint density at radius 3 is 3.00 bits per heavy atom. The van der Waals surface area contributed by atoms with Gasteiger partial charge in [-0.1, -0.05) is 0 Å². The summed E-state index contributed by atoms with van der Waals surface area (Å²) in [5.41, 5.74) is 0.531. The van der Waals surface area contributed by atoms with Gasteiger partial charge in [0.2, 0.25) is 0 Å². The highest BCUT2D eigenvalue weighted by atomic mass is 31.1. The van der Waals surface area contributed by atoms with E-state index in [1.54, 1.807) is 0 Å². The van der Waals surface area contributed by atoms with Crippen LogP contribution in [0, 0.1) is 5.82 Å². The van der Waals surface area contributed by atoms with Crippen molar-refractivity contribution in [3.8, 4) is 0 Å². The van der Waals surface area contributed by atoms with Crippen LogP contribution in [-0.4, -0.2) is 43.6 Å². The highest BCUT2D eigenvalue weighted by molar-refractivity contribution is 7.32. The third kappa shape index (κ3) is 3.59. The van der Waals surface area contributed by atoms with Crippen LogP contribution < -0.4 is 11.2 Å². The Bertz CT molecular complexity index is 597. The maximum atomic E-state index is 13.5. The molecule has 2 rings (SSSR count). The molecule has 0 aromatic carbocycles. The Morgan fingerprint density at radius 1 is 1.67 bits per heavy atom. The summed E-state index contributed by atoms with van der Waals surface area (Å²) in [6.07, 6.45) is -2.29. The minimum atomic E-state index is -2.84. The molecule has 1 fully saturated rings. The van der Waals surface area contributed by atoms with Gasteiger partial charge in [0.25, 0.3) is 0 Å². The first-order valence-corrected chi connectivity index (χ1v) is 6.86. The van der Waals surface area contributed by atoms with Crippen molar-refractivity contribution >= 4 is 14.1 Å². The standard InChI is InChI=1S/C9H11FN3O7P/c10-4-2-13(9(15)11-8(4)12-16)7-1-5(14)6(20-7)3-19-21(17)18/h2,5-7,14H,1,3H2,(H2-,11,12,15,16,17,18)/p+1/t5-,6+,7+/m0/s1. The summed E-state index contributed by atoms with van der Waals surface area (Å²) in [7, 11) is -2.84. The number of nitrogens with one attached hydrogen (secondary N) is 1. The lowest BCUT2D eigenvalue weighted by Crippen LogP contribution is -2.29. The first-order chi connectivity index (χ1) is 9.92. The van der Waals surface area contributed by atoms with Gasteiger partial charge < -0.3 is 9.84 Å². The first-order valence-electron chi connectivity index (χ1n) is 5.73. The van der Waals surface area contributed by atoms with Crippen molar-refractivity contribution in [2.45, 2.75) is 24.9 Å². The van der Waals surface area contributed by atoms with Crippen molar-refractivity contribution in [1.29, 1.82) is 0 Å². The molecule has 0 bridgehead atoms. The van der Waals surface area contributed by atoms with E-state index in [1.165, 1.54) is 5.48 Å². The van der Waals surface area contributed by atoms with E-state index in [9.17, 15) is 18.9 Å². The van der Waals surface area contributed by atoms with Gasteiger partial charge in [-0.2, -0.15) is 4.98 Å². The van der Waals surface area contributed by atoms with Crippen LogP contribution in [0.5, 0.6) is 0 Å². The molecule has 1 unspecified atom stereocenters. The normalized spacial score (nSPS) is 25.9. The molecule has 0 radical (unpaired) electrons. The number of anilines is 1. The molecule has 1 saturated heterocycles. The topological polar surface area (TPSA) is 143 Å². The average molecular weight is 324 g/mol. The number of hydrogen-bond acceptors (Lipinski definition) is 8. The fourth-order valence-electron chi connectivity index (χ4n) is 1.90. The number of nitrogens with zero attached hydrogens (tertiary/aromatic N) is 2. The number of aliphatic hydroxyl groups excluding tert-OH is 1. The fraction of sp³-hybridized carbons (Fsp3) is 0.556. The monoisotopic (exact) mass is 324 g/mol. The van der Waals surface area contributed by atoms with Crippen molar-refractivity contribution in [2.24, 2.45) is 0 Å². The zero-order valence-corrected chi connectivity index (χ0v) is 11.3. The van der Waals surface area contributed by atoms with Crippen LogP contribution in [0.1, 0.15) is 12.6 Å². The second-order valence-electron chi connectivity index (χ2n) is 4.20. The predicted octanol–water partition coefficient (Wildman–Crippen LogP) is -0.502. The molecular weight excluding hydrogens is 312 g/mol. The summed E-state index contributed by atoms with van der Waals surface area (Å²) in [6, 6.07) is 0. The number of aliphatic hydroxyl groups is 1. The molecular formula is C9H12FN3O7P+. The Hall–Kier alpha value is -1.49. The molecule has 116 valence electrons. The maximum Gasteiger partial charge on any atom is 0.694 e. The van der Waals surface area contributed by atoms with E-state index in [-0.39, 0.29) is 13.0 Å². The molecule has 1 aromatic rings. The van der Waals surface area contributed by atoms with E-state index in [4.69, 9.17) is 14.8 Å². The van der Waals surface area contributed by atoms with Gasteiger partial charge in [-0.3, -0.25) is 9.77 Å². The molecule has 10 nitrogen and oxygen atoms in total. The van der Waals surface area contributed by atoms with Crippen LogP contribution in [0.25, 0.3) is 0 Å². The lowest BCUT2D eigenvalue weighted by atomic mass is 10.2. The van der Waals surface area contributed by atoms with Crippen LogP contribution >= 0.6 is 8.25 Å². The van der Waals surface area contributed by atoms with Crippen molar-refractivity contribution in [3.05, 3.63) is 22.5 Å². The molecule has 1 aliphatic heterocycles. The Kier molecular flexibility index (Phi) is 4.93. The van der Waals surface area contributed by atoms with E-state index in [0.717, 1.165) is 10.8 Å². The van der Waals surface area contributed by atoms with Gasteiger partial charge in [-0.15, -0.1) is 9.42 Å². The molecule has 21 heavy (non-hydrogen) atoms. The van der Waals surface area contributed by atoms with Gasteiger partial charge in [0.05, 0.1) is 12.3 Å². The molecule has 4 atom stereocenters. The van der Waals surface area contributed by atoms with Gasteiger partial charge >= 0.3 is 13.9 Å². The predicted molar refractivity (Wildman–Crippen MR) is 64.2 cm³/mol. The largest absolute Gasteiger partial charge is 0.694 e. The summed E-state index contributed by atoms with van der Waals surface area (Å²) >= 11 is 0. The highest BCUT2D eigenvalue weighted by Gasteiger charge is 2.37. The maximum absolute atomic E-state index is 13.5. The third-order valence-electron chi connectivity index (χ3n) is 2.88. The quantitative estimate of drug-likeness (QED) is 0.416. The SMILES string of the molecule is O=c1nc(NO)c(F)cn1[C@H]1C[C@H](O)[C@@H](CO[P+](=O)O)O1. The minimum Gasteiger partial charge on any atom is -0.390 e. The summed E-state index contributed by atoms with van der Waals surface area (Å²) in [4.78, 5) is 23.4.